The Balaban J connectivity index is 2.31. The molecule has 0 radical (unpaired) electrons. The fourth-order valence-corrected chi connectivity index (χ4v) is 4.49. The highest BCUT2D eigenvalue weighted by Crippen LogP contribution is 2.34. The van der Waals surface area contributed by atoms with Crippen molar-refractivity contribution >= 4 is 68.6 Å². The van der Waals surface area contributed by atoms with Crippen molar-refractivity contribution in [3.63, 3.8) is 0 Å². The van der Waals surface area contributed by atoms with E-state index < -0.39 is 17.9 Å². The molecule has 0 bridgehead atoms. The standard InChI is InChI=1S/C18H20N2O6S3/c1-5-25-15(21)11-9(3)12(17(23)26-6-2)29-14(11)20-18(27)19-10-7-8-28-13(10)16(22)24-4/h7-8H,5-6H2,1-4H3,(H2,19,20,27). The van der Waals surface area contributed by atoms with Crippen LogP contribution in [0, 0.1) is 6.92 Å². The highest BCUT2D eigenvalue weighted by molar-refractivity contribution is 7.80. The van der Waals surface area contributed by atoms with Gasteiger partial charge in [-0.2, -0.15) is 0 Å². The largest absolute Gasteiger partial charge is 0.465 e. The lowest BCUT2D eigenvalue weighted by atomic mass is 10.1. The van der Waals surface area contributed by atoms with E-state index in [0.717, 1.165) is 11.3 Å². The summed E-state index contributed by atoms with van der Waals surface area (Å²) in [4.78, 5) is 37.1. The molecule has 2 aromatic rings. The lowest BCUT2D eigenvalue weighted by Gasteiger charge is -2.11. The predicted octanol–water partition coefficient (Wildman–Crippen LogP) is 4.07. The Bertz CT molecular complexity index is 934. The topological polar surface area (TPSA) is 103 Å². The number of carbonyl (C=O) groups excluding carboxylic acids is 3. The molecule has 0 spiro atoms. The van der Waals surface area contributed by atoms with Crippen molar-refractivity contribution < 1.29 is 28.6 Å². The molecule has 0 aliphatic heterocycles. The van der Waals surface area contributed by atoms with E-state index in [1.54, 1.807) is 32.2 Å². The highest BCUT2D eigenvalue weighted by Gasteiger charge is 2.27. The number of thiocarbonyl (C=S) groups is 1. The third-order valence-corrected chi connectivity index (χ3v) is 5.88. The molecule has 29 heavy (non-hydrogen) atoms. The predicted molar refractivity (Wildman–Crippen MR) is 116 cm³/mol. The number of esters is 3. The van der Waals surface area contributed by atoms with E-state index in [4.69, 9.17) is 26.4 Å². The van der Waals surface area contributed by atoms with Crippen molar-refractivity contribution in [1.29, 1.82) is 0 Å². The zero-order chi connectivity index (χ0) is 21.6. The minimum Gasteiger partial charge on any atom is -0.465 e. The second kappa shape index (κ2) is 10.3. The van der Waals surface area contributed by atoms with Crippen LogP contribution < -0.4 is 10.6 Å². The fraction of sp³-hybridized carbons (Fsp3) is 0.333. The number of carbonyl (C=O) groups is 3. The van der Waals surface area contributed by atoms with E-state index in [9.17, 15) is 14.4 Å². The molecule has 0 saturated carbocycles. The third kappa shape index (κ3) is 5.31. The molecule has 11 heteroatoms. The Hall–Kier alpha value is -2.50. The van der Waals surface area contributed by atoms with Crippen LogP contribution in [0.1, 0.15) is 49.1 Å². The normalized spacial score (nSPS) is 10.2. The molecule has 2 rings (SSSR count). The monoisotopic (exact) mass is 456 g/mol. The molecule has 0 aliphatic rings. The van der Waals surface area contributed by atoms with Crippen LogP contribution in [0.4, 0.5) is 10.7 Å². The summed E-state index contributed by atoms with van der Waals surface area (Å²) in [5.41, 5.74) is 1.13. The number of methoxy groups -OCH3 is 1. The van der Waals surface area contributed by atoms with Crippen molar-refractivity contribution in [3.05, 3.63) is 32.3 Å². The van der Waals surface area contributed by atoms with Crippen LogP contribution in [-0.4, -0.2) is 43.3 Å². The summed E-state index contributed by atoms with van der Waals surface area (Å²) < 4.78 is 14.9. The van der Waals surface area contributed by atoms with E-state index in [1.165, 1.54) is 18.4 Å². The lowest BCUT2D eigenvalue weighted by molar-refractivity contribution is 0.0526. The van der Waals surface area contributed by atoms with Crippen LogP contribution in [0.25, 0.3) is 0 Å². The molecule has 2 N–H and O–H groups in total. The highest BCUT2D eigenvalue weighted by atomic mass is 32.1. The van der Waals surface area contributed by atoms with Gasteiger partial charge in [0.05, 0.1) is 31.6 Å². The van der Waals surface area contributed by atoms with Gasteiger partial charge < -0.3 is 24.8 Å². The number of hydrogen-bond acceptors (Lipinski definition) is 9. The molecule has 0 atom stereocenters. The van der Waals surface area contributed by atoms with E-state index in [1.807, 2.05) is 0 Å². The molecular weight excluding hydrogens is 436 g/mol. The number of nitrogens with one attached hydrogen (secondary N) is 2. The first kappa shape index (κ1) is 22.8. The summed E-state index contributed by atoms with van der Waals surface area (Å²) in [6, 6.07) is 1.68. The van der Waals surface area contributed by atoms with Gasteiger partial charge in [-0.15, -0.1) is 22.7 Å². The molecular formula is C18H20N2O6S3. The van der Waals surface area contributed by atoms with Gasteiger partial charge >= 0.3 is 17.9 Å². The molecule has 0 aliphatic carbocycles. The van der Waals surface area contributed by atoms with Crippen molar-refractivity contribution in [3.8, 4) is 0 Å². The van der Waals surface area contributed by atoms with E-state index in [0.29, 0.717) is 21.1 Å². The van der Waals surface area contributed by atoms with Crippen LogP contribution >= 0.6 is 34.9 Å². The molecule has 0 unspecified atom stereocenters. The van der Waals surface area contributed by atoms with Crippen molar-refractivity contribution in [1.82, 2.24) is 0 Å². The van der Waals surface area contributed by atoms with Gasteiger partial charge in [0.25, 0.3) is 0 Å². The number of hydrogen-bond donors (Lipinski definition) is 2. The van der Waals surface area contributed by atoms with E-state index in [-0.39, 0.29) is 28.8 Å². The first-order valence-corrected chi connectivity index (χ1v) is 10.7. The Kier molecular flexibility index (Phi) is 8.11. The maximum Gasteiger partial charge on any atom is 0.350 e. The quantitative estimate of drug-likeness (QED) is 0.362. The van der Waals surface area contributed by atoms with Crippen LogP contribution in [0.2, 0.25) is 0 Å². The first-order chi connectivity index (χ1) is 13.8. The van der Waals surface area contributed by atoms with Gasteiger partial charge in [-0.05, 0) is 50.0 Å². The van der Waals surface area contributed by atoms with Crippen LogP contribution in [-0.2, 0) is 14.2 Å². The van der Waals surface area contributed by atoms with Crippen molar-refractivity contribution in [2.45, 2.75) is 20.8 Å². The van der Waals surface area contributed by atoms with Crippen LogP contribution in [0.3, 0.4) is 0 Å². The lowest BCUT2D eigenvalue weighted by Crippen LogP contribution is -2.21. The molecule has 156 valence electrons. The summed E-state index contributed by atoms with van der Waals surface area (Å²) in [6.07, 6.45) is 0. The average molecular weight is 457 g/mol. The molecule has 0 amide bonds. The van der Waals surface area contributed by atoms with E-state index >= 15 is 0 Å². The number of rotatable bonds is 7. The second-order valence-electron chi connectivity index (χ2n) is 5.44. The maximum atomic E-state index is 12.4. The van der Waals surface area contributed by atoms with Gasteiger partial charge in [-0.3, -0.25) is 0 Å². The van der Waals surface area contributed by atoms with Gasteiger partial charge in [0.15, 0.2) is 5.11 Å². The average Bonchev–Trinajstić information content (AvgIpc) is 3.25. The number of thiophene rings is 2. The molecule has 0 saturated heterocycles. The van der Waals surface area contributed by atoms with Crippen molar-refractivity contribution in [2.75, 3.05) is 31.0 Å². The SMILES string of the molecule is CCOC(=O)c1sc(NC(=S)Nc2ccsc2C(=O)OC)c(C(=O)OCC)c1C. The Morgan fingerprint density at radius 2 is 1.69 bits per heavy atom. The summed E-state index contributed by atoms with van der Waals surface area (Å²) in [6.45, 7) is 5.43. The minimum atomic E-state index is -0.576. The number of ether oxygens (including phenoxy) is 3. The Labute approximate surface area is 181 Å². The van der Waals surface area contributed by atoms with Gasteiger partial charge in [0.1, 0.15) is 14.8 Å². The van der Waals surface area contributed by atoms with E-state index in [2.05, 4.69) is 10.6 Å². The number of anilines is 2. The maximum absolute atomic E-state index is 12.4. The zero-order valence-electron chi connectivity index (χ0n) is 16.2. The third-order valence-electron chi connectivity index (χ3n) is 3.60. The first-order valence-electron chi connectivity index (χ1n) is 8.55. The van der Waals surface area contributed by atoms with Crippen LogP contribution in [0.5, 0.6) is 0 Å². The minimum absolute atomic E-state index is 0.135. The van der Waals surface area contributed by atoms with Crippen LogP contribution in [0.15, 0.2) is 11.4 Å². The van der Waals surface area contributed by atoms with Gasteiger partial charge in [-0.1, -0.05) is 0 Å². The van der Waals surface area contributed by atoms with Gasteiger partial charge in [-0.25, -0.2) is 14.4 Å². The molecule has 8 nitrogen and oxygen atoms in total. The Morgan fingerprint density at radius 1 is 1.03 bits per heavy atom. The molecule has 0 fully saturated rings. The zero-order valence-corrected chi connectivity index (χ0v) is 18.7. The van der Waals surface area contributed by atoms with Crippen molar-refractivity contribution in [2.24, 2.45) is 0 Å². The molecule has 0 aromatic carbocycles. The second-order valence-corrected chi connectivity index (χ2v) is 7.78. The smallest absolute Gasteiger partial charge is 0.350 e. The summed E-state index contributed by atoms with van der Waals surface area (Å²) >= 11 is 7.56. The Morgan fingerprint density at radius 3 is 2.31 bits per heavy atom. The molecule has 2 aromatic heterocycles. The summed E-state index contributed by atoms with van der Waals surface area (Å²) in [5, 5.41) is 8.01. The van der Waals surface area contributed by atoms with Gasteiger partial charge in [0.2, 0.25) is 0 Å². The van der Waals surface area contributed by atoms with Gasteiger partial charge in [0, 0.05) is 0 Å². The fourth-order valence-electron chi connectivity index (χ4n) is 2.36. The molecule has 2 heterocycles. The summed E-state index contributed by atoms with van der Waals surface area (Å²) in [7, 11) is 1.29. The summed E-state index contributed by atoms with van der Waals surface area (Å²) in [5.74, 6) is -1.60.